The molecule has 1 atom stereocenters. The second-order valence-electron chi connectivity index (χ2n) is 4.95. The third-order valence-corrected chi connectivity index (χ3v) is 3.69. The normalized spacial score (nSPS) is 23.4. The van der Waals surface area contributed by atoms with E-state index in [1.165, 1.54) is 4.90 Å². The molecule has 6 heteroatoms. The largest absolute Gasteiger partial charge is 0.480 e. The molecule has 2 N–H and O–H groups in total. The number of rotatable bonds is 2. The molecule has 6 nitrogen and oxygen atoms in total. The number of H-pyrrole nitrogens is 1. The zero-order chi connectivity index (χ0) is 13.5. The molecule has 98 valence electrons. The fourth-order valence-corrected chi connectivity index (χ4v) is 2.51. The number of carboxylic acid groups (broad SMARTS) is 1. The van der Waals surface area contributed by atoms with Crippen LogP contribution in [0.1, 0.15) is 41.5 Å². The quantitative estimate of drug-likeness (QED) is 0.824. The number of carboxylic acids is 1. The molecular weight excluding hydrogens is 234 g/mol. The highest BCUT2D eigenvalue weighted by atomic mass is 16.4. The van der Waals surface area contributed by atoms with E-state index in [4.69, 9.17) is 0 Å². The number of aliphatic carboxylic acids is 1. The summed E-state index contributed by atoms with van der Waals surface area (Å²) in [6.45, 7) is 5.59. The van der Waals surface area contributed by atoms with Gasteiger partial charge in [-0.05, 0) is 33.6 Å². The Bertz CT molecular complexity index is 489. The second kappa shape index (κ2) is 4.12. The predicted molar refractivity (Wildman–Crippen MR) is 64.4 cm³/mol. The molecule has 0 spiro atoms. The summed E-state index contributed by atoms with van der Waals surface area (Å²) in [6.07, 6.45) is 1.20. The summed E-state index contributed by atoms with van der Waals surface area (Å²) in [7, 11) is 0. The van der Waals surface area contributed by atoms with E-state index in [0.29, 0.717) is 36.3 Å². The number of hydrogen-bond donors (Lipinski definition) is 2. The molecule has 2 heterocycles. The summed E-state index contributed by atoms with van der Waals surface area (Å²) in [5, 5.41) is 16.0. The molecule has 1 aromatic rings. The van der Waals surface area contributed by atoms with Crippen molar-refractivity contribution in [2.24, 2.45) is 0 Å². The van der Waals surface area contributed by atoms with Crippen LogP contribution < -0.4 is 0 Å². The first-order chi connectivity index (χ1) is 8.38. The molecule has 1 fully saturated rings. The van der Waals surface area contributed by atoms with E-state index in [2.05, 4.69) is 10.2 Å². The molecule has 0 bridgehead atoms. The zero-order valence-corrected chi connectivity index (χ0v) is 10.8. The number of carbonyl (C=O) groups excluding carboxylic acids is 1. The van der Waals surface area contributed by atoms with E-state index in [1.807, 2.05) is 0 Å². The van der Waals surface area contributed by atoms with Crippen LogP contribution in [0.5, 0.6) is 0 Å². The minimum absolute atomic E-state index is 0.249. The summed E-state index contributed by atoms with van der Waals surface area (Å²) in [4.78, 5) is 25.3. The average molecular weight is 251 g/mol. The first-order valence-electron chi connectivity index (χ1n) is 5.95. The topological polar surface area (TPSA) is 86.3 Å². The standard InChI is InChI=1S/C12H17N3O3/c1-7-9(8(2)14-13-7)10(16)15-6-4-5-12(15,3)11(17)18/h4-6H2,1-3H3,(H,13,14)(H,17,18). The lowest BCUT2D eigenvalue weighted by Gasteiger charge is -2.31. The number of nitrogens with zero attached hydrogens (tertiary/aromatic N) is 2. The van der Waals surface area contributed by atoms with Crippen LogP contribution in [0, 0.1) is 13.8 Å². The van der Waals surface area contributed by atoms with Gasteiger partial charge in [0.05, 0.1) is 11.3 Å². The van der Waals surface area contributed by atoms with Crippen LogP contribution >= 0.6 is 0 Å². The highest BCUT2D eigenvalue weighted by Crippen LogP contribution is 2.31. The molecule has 1 saturated heterocycles. The van der Waals surface area contributed by atoms with Crippen LogP contribution in [0.25, 0.3) is 0 Å². The molecule has 0 saturated carbocycles. The van der Waals surface area contributed by atoms with Gasteiger partial charge < -0.3 is 10.0 Å². The van der Waals surface area contributed by atoms with Crippen molar-refractivity contribution in [1.82, 2.24) is 15.1 Å². The van der Waals surface area contributed by atoms with Crippen LogP contribution in [0.3, 0.4) is 0 Å². The highest BCUT2D eigenvalue weighted by molar-refractivity contribution is 5.99. The Balaban J connectivity index is 2.38. The van der Waals surface area contributed by atoms with Gasteiger partial charge in [0.25, 0.3) is 5.91 Å². The number of aromatic amines is 1. The first kappa shape index (κ1) is 12.6. The minimum Gasteiger partial charge on any atom is -0.480 e. The lowest BCUT2D eigenvalue weighted by atomic mass is 9.98. The number of aromatic nitrogens is 2. The molecule has 1 aromatic heterocycles. The number of nitrogens with one attached hydrogen (secondary N) is 1. The monoisotopic (exact) mass is 251 g/mol. The van der Waals surface area contributed by atoms with Crippen LogP contribution in [0.15, 0.2) is 0 Å². The van der Waals surface area contributed by atoms with Gasteiger partial charge in [-0.15, -0.1) is 0 Å². The van der Waals surface area contributed by atoms with Crippen molar-refractivity contribution in [1.29, 1.82) is 0 Å². The van der Waals surface area contributed by atoms with Gasteiger partial charge in [-0.2, -0.15) is 5.10 Å². The van der Waals surface area contributed by atoms with Crippen LogP contribution in [-0.2, 0) is 4.79 Å². The maximum absolute atomic E-state index is 12.5. The Labute approximate surface area is 105 Å². The maximum atomic E-state index is 12.5. The smallest absolute Gasteiger partial charge is 0.329 e. The lowest BCUT2D eigenvalue weighted by Crippen LogP contribution is -2.51. The molecule has 1 aliphatic heterocycles. The van der Waals surface area contributed by atoms with Crippen molar-refractivity contribution in [3.05, 3.63) is 17.0 Å². The van der Waals surface area contributed by atoms with E-state index in [0.717, 1.165) is 0 Å². The number of likely N-dealkylation sites (tertiary alicyclic amines) is 1. The van der Waals surface area contributed by atoms with Gasteiger partial charge in [0.2, 0.25) is 0 Å². The molecular formula is C12H17N3O3. The molecule has 0 radical (unpaired) electrons. The van der Waals surface area contributed by atoms with Gasteiger partial charge in [0.15, 0.2) is 0 Å². The summed E-state index contributed by atoms with van der Waals surface area (Å²) in [5.74, 6) is -1.20. The van der Waals surface area contributed by atoms with Crippen LogP contribution in [0.4, 0.5) is 0 Å². The van der Waals surface area contributed by atoms with Crippen molar-refractivity contribution < 1.29 is 14.7 Å². The van der Waals surface area contributed by atoms with Crippen molar-refractivity contribution >= 4 is 11.9 Å². The van der Waals surface area contributed by atoms with Crippen LogP contribution in [0.2, 0.25) is 0 Å². The third kappa shape index (κ3) is 1.68. The molecule has 0 aromatic carbocycles. The zero-order valence-electron chi connectivity index (χ0n) is 10.8. The van der Waals surface area contributed by atoms with Gasteiger partial charge in [0, 0.05) is 12.2 Å². The van der Waals surface area contributed by atoms with E-state index in [1.54, 1.807) is 20.8 Å². The molecule has 0 aliphatic carbocycles. The van der Waals surface area contributed by atoms with E-state index in [9.17, 15) is 14.7 Å². The number of hydrogen-bond acceptors (Lipinski definition) is 3. The van der Waals surface area contributed by atoms with E-state index >= 15 is 0 Å². The Morgan fingerprint density at radius 1 is 1.44 bits per heavy atom. The number of aryl methyl sites for hydroxylation is 2. The Kier molecular flexibility index (Phi) is 2.88. The summed E-state index contributed by atoms with van der Waals surface area (Å²) < 4.78 is 0. The van der Waals surface area contributed by atoms with Crippen LogP contribution in [-0.4, -0.2) is 44.2 Å². The predicted octanol–water partition coefficient (Wildman–Crippen LogP) is 1.11. The van der Waals surface area contributed by atoms with Crippen molar-refractivity contribution in [3.8, 4) is 0 Å². The molecule has 1 unspecified atom stereocenters. The van der Waals surface area contributed by atoms with Crippen molar-refractivity contribution in [2.75, 3.05) is 6.54 Å². The van der Waals surface area contributed by atoms with Crippen molar-refractivity contribution in [3.63, 3.8) is 0 Å². The van der Waals surface area contributed by atoms with Gasteiger partial charge >= 0.3 is 5.97 Å². The SMILES string of the molecule is Cc1n[nH]c(C)c1C(=O)N1CCCC1(C)C(=O)O. The number of carbonyl (C=O) groups is 2. The van der Waals surface area contributed by atoms with Gasteiger partial charge in [-0.1, -0.05) is 0 Å². The Morgan fingerprint density at radius 2 is 2.11 bits per heavy atom. The molecule has 18 heavy (non-hydrogen) atoms. The van der Waals surface area contributed by atoms with E-state index < -0.39 is 11.5 Å². The summed E-state index contributed by atoms with van der Waals surface area (Å²) in [5.41, 5.74) is 0.673. The minimum atomic E-state index is -1.10. The Morgan fingerprint density at radius 3 is 2.61 bits per heavy atom. The third-order valence-electron chi connectivity index (χ3n) is 3.69. The van der Waals surface area contributed by atoms with Crippen molar-refractivity contribution in [2.45, 2.75) is 39.2 Å². The fourth-order valence-electron chi connectivity index (χ4n) is 2.51. The second-order valence-corrected chi connectivity index (χ2v) is 4.95. The molecule has 1 aliphatic rings. The molecule has 2 rings (SSSR count). The van der Waals surface area contributed by atoms with E-state index in [-0.39, 0.29) is 5.91 Å². The summed E-state index contributed by atoms with van der Waals surface area (Å²) >= 11 is 0. The van der Waals surface area contributed by atoms with Gasteiger partial charge in [0.1, 0.15) is 5.54 Å². The Hall–Kier alpha value is -1.85. The summed E-state index contributed by atoms with van der Waals surface area (Å²) in [6, 6.07) is 0. The number of amides is 1. The average Bonchev–Trinajstić information content (AvgIpc) is 2.83. The molecule has 1 amide bonds. The fraction of sp³-hybridized carbons (Fsp3) is 0.583. The van der Waals surface area contributed by atoms with Gasteiger partial charge in [-0.25, -0.2) is 4.79 Å². The maximum Gasteiger partial charge on any atom is 0.329 e. The lowest BCUT2D eigenvalue weighted by molar-refractivity contribution is -0.147. The van der Waals surface area contributed by atoms with Gasteiger partial charge in [-0.3, -0.25) is 9.89 Å². The first-order valence-corrected chi connectivity index (χ1v) is 5.95. The highest BCUT2D eigenvalue weighted by Gasteiger charge is 2.46.